The van der Waals surface area contributed by atoms with Gasteiger partial charge in [0.05, 0.1) is 24.2 Å². The number of thioether (sulfide) groups is 1. The molecule has 0 spiro atoms. The van der Waals surface area contributed by atoms with Crippen molar-refractivity contribution in [2.45, 2.75) is 19.8 Å². The van der Waals surface area contributed by atoms with E-state index in [1.54, 1.807) is 18.1 Å². The summed E-state index contributed by atoms with van der Waals surface area (Å²) in [7, 11) is 1.59. The molecule has 2 heterocycles. The fraction of sp³-hybridized carbons (Fsp3) is 0.179. The monoisotopic (exact) mass is 612 g/mol. The first kappa shape index (κ1) is 29.1. The van der Waals surface area contributed by atoms with Crippen LogP contribution in [0.4, 0.5) is 18.9 Å². The number of aliphatic imine (C=N–C) groups is 1. The molecule has 1 fully saturated rings. The second-order valence-corrected chi connectivity index (χ2v) is 10.3. The van der Waals surface area contributed by atoms with Crippen LogP contribution in [0.5, 0.6) is 11.5 Å². The number of rotatable bonds is 7. The van der Waals surface area contributed by atoms with Gasteiger partial charge in [-0.15, -0.1) is 18.3 Å². The highest BCUT2D eigenvalue weighted by Crippen LogP contribution is 2.31. The number of aromatic nitrogens is 3. The van der Waals surface area contributed by atoms with Gasteiger partial charge in [0, 0.05) is 12.1 Å². The Morgan fingerprint density at radius 1 is 1.10 bits per heavy atom. The minimum absolute atomic E-state index is 0.0751. The third kappa shape index (κ3) is 6.89. The maximum atomic E-state index is 12.6. The Labute approximate surface area is 248 Å². The number of thiocarbonyl (C=S) groups is 1. The fourth-order valence-corrected chi connectivity index (χ4v) is 5.17. The molecule has 4 aromatic rings. The van der Waals surface area contributed by atoms with E-state index in [1.807, 2.05) is 43.3 Å². The zero-order valence-electron chi connectivity index (χ0n) is 22.3. The average molecular weight is 613 g/mol. The number of alkyl halides is 3. The molecule has 1 saturated heterocycles. The normalized spacial score (nSPS) is 14.4. The van der Waals surface area contributed by atoms with E-state index in [9.17, 15) is 18.0 Å². The standard InChI is InChI=1S/C28H23F3N6O3S2/c1-17-13-22(39-2)11-12-23(17)37-24(38)15-42-27(37)34-26(41)32-14-18-3-5-19(6-4-18)25-33-16-36(35-25)20-7-9-21(10-8-20)40-28(29,30)31/h3-13,16H,14-15H2,1-2H3,(H,32,41). The molecular formula is C28H23F3N6O3S2. The second kappa shape index (κ2) is 12.2. The largest absolute Gasteiger partial charge is 0.573 e. The van der Waals surface area contributed by atoms with Gasteiger partial charge in [-0.1, -0.05) is 36.0 Å². The topological polar surface area (TPSA) is 93.9 Å². The Morgan fingerprint density at radius 3 is 2.48 bits per heavy atom. The van der Waals surface area contributed by atoms with Gasteiger partial charge in [-0.05, 0) is 72.7 Å². The zero-order valence-corrected chi connectivity index (χ0v) is 23.9. The Bertz CT molecular complexity index is 1640. The molecule has 1 aromatic heterocycles. The van der Waals surface area contributed by atoms with E-state index >= 15 is 0 Å². The van der Waals surface area contributed by atoms with Gasteiger partial charge in [0.2, 0.25) is 5.91 Å². The number of amidine groups is 1. The van der Waals surface area contributed by atoms with Crippen molar-refractivity contribution in [3.05, 3.63) is 84.2 Å². The van der Waals surface area contributed by atoms with Crippen molar-refractivity contribution in [3.63, 3.8) is 0 Å². The highest BCUT2D eigenvalue weighted by Gasteiger charge is 2.32. The Morgan fingerprint density at radius 2 is 1.81 bits per heavy atom. The van der Waals surface area contributed by atoms with Crippen LogP contribution in [-0.2, 0) is 11.3 Å². The number of anilines is 1. The predicted octanol–water partition coefficient (Wildman–Crippen LogP) is 5.66. The van der Waals surface area contributed by atoms with E-state index in [0.717, 1.165) is 22.4 Å². The lowest BCUT2D eigenvalue weighted by Crippen LogP contribution is -2.31. The summed E-state index contributed by atoms with van der Waals surface area (Å²) in [6.45, 7) is 2.31. The summed E-state index contributed by atoms with van der Waals surface area (Å²) in [6.07, 6.45) is -3.28. The zero-order chi connectivity index (χ0) is 29.9. The lowest BCUT2D eigenvalue weighted by molar-refractivity contribution is -0.274. The number of ether oxygens (including phenoxy) is 2. The number of aryl methyl sites for hydroxylation is 1. The molecule has 216 valence electrons. The van der Waals surface area contributed by atoms with E-state index < -0.39 is 6.36 Å². The molecule has 14 heteroatoms. The van der Waals surface area contributed by atoms with Crippen LogP contribution in [0.15, 0.2) is 78.0 Å². The van der Waals surface area contributed by atoms with E-state index in [1.165, 1.54) is 47.0 Å². The van der Waals surface area contributed by atoms with E-state index in [2.05, 4.69) is 25.1 Å². The van der Waals surface area contributed by atoms with Crippen molar-refractivity contribution in [1.29, 1.82) is 0 Å². The van der Waals surface area contributed by atoms with Crippen molar-refractivity contribution in [3.8, 4) is 28.6 Å². The molecule has 1 N–H and O–H groups in total. The van der Waals surface area contributed by atoms with E-state index in [-0.39, 0.29) is 22.5 Å². The number of hydrogen-bond donors (Lipinski definition) is 1. The maximum absolute atomic E-state index is 12.6. The molecule has 0 bridgehead atoms. The van der Waals surface area contributed by atoms with E-state index in [0.29, 0.717) is 29.0 Å². The summed E-state index contributed by atoms with van der Waals surface area (Å²) in [5, 5.41) is 8.28. The van der Waals surface area contributed by atoms with E-state index in [4.69, 9.17) is 17.0 Å². The smallest absolute Gasteiger partial charge is 0.497 e. The number of nitrogens with one attached hydrogen (secondary N) is 1. The molecule has 1 amide bonds. The third-order valence-electron chi connectivity index (χ3n) is 6.09. The van der Waals surface area contributed by atoms with Crippen LogP contribution in [-0.4, -0.2) is 50.2 Å². The van der Waals surface area contributed by atoms with Crippen molar-refractivity contribution in [1.82, 2.24) is 20.1 Å². The minimum Gasteiger partial charge on any atom is -0.497 e. The number of benzene rings is 3. The number of nitrogens with zero attached hydrogens (tertiary/aromatic N) is 5. The Balaban J connectivity index is 1.20. The number of carbonyl (C=O) groups is 1. The van der Waals surface area contributed by atoms with Crippen molar-refractivity contribution >= 4 is 45.9 Å². The highest BCUT2D eigenvalue weighted by atomic mass is 32.2. The van der Waals surface area contributed by atoms with Gasteiger partial charge in [-0.2, -0.15) is 4.99 Å². The van der Waals surface area contributed by atoms with Crippen LogP contribution >= 0.6 is 24.0 Å². The first-order valence-corrected chi connectivity index (χ1v) is 13.8. The van der Waals surface area contributed by atoms with Gasteiger partial charge < -0.3 is 14.8 Å². The Hall–Kier alpha value is -4.43. The molecule has 5 rings (SSSR count). The lowest BCUT2D eigenvalue weighted by atomic mass is 10.1. The number of halogens is 3. The molecule has 1 aliphatic rings. The van der Waals surface area contributed by atoms with Crippen LogP contribution in [0.2, 0.25) is 0 Å². The second-order valence-electron chi connectivity index (χ2n) is 8.97. The molecule has 0 atom stereocenters. The molecule has 0 radical (unpaired) electrons. The van der Waals surface area contributed by atoms with Gasteiger partial charge in [-0.3, -0.25) is 9.69 Å². The fourth-order valence-electron chi connectivity index (χ4n) is 4.08. The van der Waals surface area contributed by atoms with Crippen molar-refractivity contribution < 1.29 is 27.4 Å². The van der Waals surface area contributed by atoms with Crippen LogP contribution in [0.1, 0.15) is 11.1 Å². The number of carbonyl (C=O) groups excluding carboxylic acids is 1. The highest BCUT2D eigenvalue weighted by molar-refractivity contribution is 8.15. The van der Waals surface area contributed by atoms with Crippen LogP contribution in [0.3, 0.4) is 0 Å². The molecule has 0 unspecified atom stereocenters. The predicted molar refractivity (Wildman–Crippen MR) is 158 cm³/mol. The van der Waals surface area contributed by atoms with Crippen LogP contribution in [0.25, 0.3) is 17.1 Å². The van der Waals surface area contributed by atoms with Gasteiger partial charge in [0.1, 0.15) is 17.8 Å². The van der Waals surface area contributed by atoms with Gasteiger partial charge in [0.25, 0.3) is 0 Å². The molecule has 0 saturated carbocycles. The SMILES string of the molecule is COc1ccc(N2C(=O)CSC2=NC(=S)NCc2ccc(-c3ncn(-c4ccc(OC(F)(F)F)cc4)n3)cc2)c(C)c1. The first-order valence-electron chi connectivity index (χ1n) is 12.4. The maximum Gasteiger partial charge on any atom is 0.573 e. The van der Waals surface area contributed by atoms with Gasteiger partial charge in [-0.25, -0.2) is 9.67 Å². The van der Waals surface area contributed by atoms with Crippen molar-refractivity contribution in [2.24, 2.45) is 4.99 Å². The number of methoxy groups -OCH3 is 1. The molecule has 42 heavy (non-hydrogen) atoms. The number of hydrogen-bond acceptors (Lipinski definition) is 7. The van der Waals surface area contributed by atoms with Gasteiger partial charge >= 0.3 is 6.36 Å². The molecular weight excluding hydrogens is 589 g/mol. The van der Waals surface area contributed by atoms with Crippen LogP contribution < -0.4 is 19.7 Å². The molecule has 9 nitrogen and oxygen atoms in total. The molecule has 0 aliphatic carbocycles. The summed E-state index contributed by atoms with van der Waals surface area (Å²) < 4.78 is 47.8. The van der Waals surface area contributed by atoms with Crippen molar-refractivity contribution in [2.75, 3.05) is 17.8 Å². The Kier molecular flexibility index (Phi) is 8.45. The summed E-state index contributed by atoms with van der Waals surface area (Å²) in [5.74, 6) is 1.03. The summed E-state index contributed by atoms with van der Waals surface area (Å²) in [6, 6.07) is 18.3. The summed E-state index contributed by atoms with van der Waals surface area (Å²) >= 11 is 6.76. The summed E-state index contributed by atoms with van der Waals surface area (Å²) in [5.41, 5.74) is 3.82. The number of amides is 1. The molecule has 1 aliphatic heterocycles. The lowest BCUT2D eigenvalue weighted by Gasteiger charge is -2.19. The first-order chi connectivity index (χ1) is 20.1. The molecule has 3 aromatic carbocycles. The minimum atomic E-state index is -4.75. The quantitative estimate of drug-likeness (QED) is 0.267. The van der Waals surface area contributed by atoms with Gasteiger partial charge in [0.15, 0.2) is 16.1 Å². The average Bonchev–Trinajstić information content (AvgIpc) is 3.59. The third-order valence-corrected chi connectivity index (χ3v) is 7.25. The van der Waals surface area contributed by atoms with Crippen LogP contribution in [0, 0.1) is 6.92 Å². The summed E-state index contributed by atoms with van der Waals surface area (Å²) in [4.78, 5) is 23.0.